The second-order valence-electron chi connectivity index (χ2n) is 5.36. The predicted octanol–water partition coefficient (Wildman–Crippen LogP) is -0.554. The Hall–Kier alpha value is -2.45. The second kappa shape index (κ2) is 4.83. The van der Waals surface area contributed by atoms with Crippen LogP contribution in [-0.2, 0) is 11.3 Å². The minimum Gasteiger partial charge on any atom is -0.368 e. The topological polar surface area (TPSA) is 109 Å². The van der Waals surface area contributed by atoms with Crippen LogP contribution in [0.1, 0.15) is 18.7 Å². The van der Waals surface area contributed by atoms with Gasteiger partial charge >= 0.3 is 6.03 Å². The molecule has 0 bridgehead atoms. The minimum atomic E-state index is -0.315. The fraction of sp³-hybridized carbons (Fsp3) is 0.583. The number of hydrogen-bond acceptors (Lipinski definition) is 7. The highest BCUT2D eigenvalue weighted by atomic mass is 16.2. The van der Waals surface area contributed by atoms with Gasteiger partial charge < -0.3 is 15.5 Å². The molecule has 2 N–H and O–H groups in total. The maximum absolute atomic E-state index is 12.3. The number of rotatable bonds is 3. The van der Waals surface area contributed by atoms with Gasteiger partial charge in [-0.1, -0.05) is 0 Å². The molecular formula is C12H17N7O2. The molecule has 1 atom stereocenters. The summed E-state index contributed by atoms with van der Waals surface area (Å²) in [5, 5.41) is 0. The molecule has 21 heavy (non-hydrogen) atoms. The van der Waals surface area contributed by atoms with Crippen molar-refractivity contribution >= 4 is 23.8 Å². The predicted molar refractivity (Wildman–Crippen MR) is 74.2 cm³/mol. The van der Waals surface area contributed by atoms with E-state index in [4.69, 9.17) is 5.73 Å². The van der Waals surface area contributed by atoms with Crippen molar-refractivity contribution in [3.8, 4) is 0 Å². The summed E-state index contributed by atoms with van der Waals surface area (Å²) in [6, 6.07) is -0.585. The van der Waals surface area contributed by atoms with Crippen LogP contribution in [0.3, 0.4) is 0 Å². The Kier molecular flexibility index (Phi) is 3.11. The lowest BCUT2D eigenvalue weighted by atomic mass is 10.2. The lowest BCUT2D eigenvalue weighted by Crippen LogP contribution is -2.33. The molecule has 3 amide bonds. The zero-order valence-electron chi connectivity index (χ0n) is 12.0. The Labute approximate surface area is 121 Å². The number of aromatic nitrogens is 3. The molecule has 2 saturated heterocycles. The molecule has 0 aromatic carbocycles. The fourth-order valence-corrected chi connectivity index (χ4v) is 2.66. The first-order valence-corrected chi connectivity index (χ1v) is 6.77. The van der Waals surface area contributed by atoms with Crippen molar-refractivity contribution in [3.05, 3.63) is 5.82 Å². The van der Waals surface area contributed by atoms with Crippen LogP contribution in [0.15, 0.2) is 0 Å². The number of hydrogen-bond donors (Lipinski definition) is 1. The monoisotopic (exact) mass is 291 g/mol. The number of carbonyl (C=O) groups excluding carboxylic acids is 2. The summed E-state index contributed by atoms with van der Waals surface area (Å²) < 4.78 is 0. The third kappa shape index (κ3) is 2.24. The largest absolute Gasteiger partial charge is 0.368 e. The molecule has 9 heteroatoms. The van der Waals surface area contributed by atoms with Crippen molar-refractivity contribution in [3.63, 3.8) is 0 Å². The van der Waals surface area contributed by atoms with Gasteiger partial charge in [0.05, 0.1) is 6.54 Å². The van der Waals surface area contributed by atoms with E-state index in [1.807, 2.05) is 0 Å². The number of imide groups is 1. The number of anilines is 2. The van der Waals surface area contributed by atoms with Crippen LogP contribution in [0, 0.1) is 0 Å². The number of fused-ring (bicyclic) bond motifs is 1. The Morgan fingerprint density at radius 2 is 2.05 bits per heavy atom. The molecule has 2 fully saturated rings. The summed E-state index contributed by atoms with van der Waals surface area (Å²) >= 11 is 0. The van der Waals surface area contributed by atoms with Gasteiger partial charge in [0.1, 0.15) is 6.04 Å². The van der Waals surface area contributed by atoms with Crippen LogP contribution in [0.5, 0.6) is 0 Å². The molecule has 3 rings (SSSR count). The highest BCUT2D eigenvalue weighted by Crippen LogP contribution is 2.28. The summed E-state index contributed by atoms with van der Waals surface area (Å²) in [4.78, 5) is 41.2. The quantitative estimate of drug-likeness (QED) is 0.744. The van der Waals surface area contributed by atoms with Gasteiger partial charge in [-0.3, -0.25) is 9.69 Å². The van der Waals surface area contributed by atoms with Gasteiger partial charge in [-0.2, -0.15) is 15.0 Å². The van der Waals surface area contributed by atoms with Crippen LogP contribution in [-0.4, -0.2) is 63.4 Å². The van der Waals surface area contributed by atoms with Gasteiger partial charge in [-0.25, -0.2) is 4.79 Å². The number of nitrogens with two attached hydrogens (primary N) is 1. The first kappa shape index (κ1) is 13.5. The molecule has 0 aliphatic carbocycles. The SMILES string of the molecule is CN(C)c1nc(N)nc(CN2C(=O)[C@@H]3CCCN3C2=O)n1. The van der Waals surface area contributed by atoms with Gasteiger partial charge in [0.15, 0.2) is 5.82 Å². The third-order valence-corrected chi connectivity index (χ3v) is 3.67. The van der Waals surface area contributed by atoms with Crippen molar-refractivity contribution < 1.29 is 9.59 Å². The van der Waals surface area contributed by atoms with Crippen LogP contribution in [0.25, 0.3) is 0 Å². The summed E-state index contributed by atoms with van der Waals surface area (Å²) in [7, 11) is 3.56. The molecular weight excluding hydrogens is 274 g/mol. The van der Waals surface area contributed by atoms with Crippen molar-refractivity contribution in [2.24, 2.45) is 0 Å². The highest BCUT2D eigenvalue weighted by molar-refractivity contribution is 6.04. The number of nitrogens with zero attached hydrogens (tertiary/aromatic N) is 6. The minimum absolute atomic E-state index is 0.0260. The summed E-state index contributed by atoms with van der Waals surface area (Å²) in [5.41, 5.74) is 5.65. The van der Waals surface area contributed by atoms with Crippen molar-refractivity contribution in [2.45, 2.75) is 25.4 Å². The summed E-state index contributed by atoms with van der Waals surface area (Å²) in [6.45, 7) is 0.659. The zero-order valence-corrected chi connectivity index (χ0v) is 12.0. The molecule has 9 nitrogen and oxygen atoms in total. The van der Waals surface area contributed by atoms with E-state index in [0.717, 1.165) is 12.8 Å². The van der Waals surface area contributed by atoms with E-state index in [9.17, 15) is 9.59 Å². The van der Waals surface area contributed by atoms with Crippen molar-refractivity contribution in [2.75, 3.05) is 31.3 Å². The number of carbonyl (C=O) groups is 2. The molecule has 1 aromatic heterocycles. The van der Waals surface area contributed by atoms with Crippen LogP contribution < -0.4 is 10.6 Å². The van der Waals surface area contributed by atoms with Crippen LogP contribution in [0.2, 0.25) is 0 Å². The molecule has 2 aliphatic rings. The van der Waals surface area contributed by atoms with E-state index in [1.165, 1.54) is 4.90 Å². The van der Waals surface area contributed by atoms with Crippen LogP contribution in [0.4, 0.5) is 16.7 Å². The van der Waals surface area contributed by atoms with E-state index >= 15 is 0 Å². The number of amides is 3. The molecule has 1 aromatic rings. The van der Waals surface area contributed by atoms with Gasteiger partial charge in [-0.15, -0.1) is 0 Å². The van der Waals surface area contributed by atoms with Crippen molar-refractivity contribution in [1.82, 2.24) is 24.8 Å². The summed E-state index contributed by atoms with van der Waals surface area (Å²) in [5.74, 6) is 0.609. The fourth-order valence-electron chi connectivity index (χ4n) is 2.66. The van der Waals surface area contributed by atoms with Gasteiger partial charge in [0.2, 0.25) is 11.9 Å². The first-order chi connectivity index (χ1) is 9.97. The molecule has 112 valence electrons. The molecule has 3 heterocycles. The normalized spacial score (nSPS) is 21.1. The molecule has 0 radical (unpaired) electrons. The van der Waals surface area contributed by atoms with Gasteiger partial charge in [0, 0.05) is 20.6 Å². The summed E-state index contributed by atoms with van der Waals surface area (Å²) in [6.07, 6.45) is 1.60. The molecule has 0 unspecified atom stereocenters. The average molecular weight is 291 g/mol. The highest BCUT2D eigenvalue weighted by Gasteiger charge is 2.47. The average Bonchev–Trinajstić information content (AvgIpc) is 2.98. The van der Waals surface area contributed by atoms with E-state index in [-0.39, 0.29) is 30.5 Å². The standard InChI is InChI=1S/C12H17N7O2/c1-17(2)11-15-8(14-10(13)16-11)6-19-9(20)7-4-3-5-18(7)12(19)21/h7H,3-6H2,1-2H3,(H2,13,14,15,16)/t7-/m0/s1. The van der Waals surface area contributed by atoms with E-state index in [2.05, 4.69) is 15.0 Å². The third-order valence-electron chi connectivity index (χ3n) is 3.67. The van der Waals surface area contributed by atoms with Gasteiger partial charge in [-0.05, 0) is 12.8 Å². The van der Waals surface area contributed by atoms with E-state index < -0.39 is 0 Å². The van der Waals surface area contributed by atoms with E-state index in [0.29, 0.717) is 18.3 Å². The van der Waals surface area contributed by atoms with E-state index in [1.54, 1.807) is 23.9 Å². The molecule has 0 saturated carbocycles. The zero-order chi connectivity index (χ0) is 15.1. The second-order valence-corrected chi connectivity index (χ2v) is 5.36. The number of nitrogen functional groups attached to an aromatic ring is 1. The lowest BCUT2D eigenvalue weighted by molar-refractivity contribution is -0.128. The maximum atomic E-state index is 12.3. The number of urea groups is 1. The Morgan fingerprint density at radius 1 is 1.29 bits per heavy atom. The molecule has 2 aliphatic heterocycles. The van der Waals surface area contributed by atoms with Crippen molar-refractivity contribution in [1.29, 1.82) is 0 Å². The Balaban J connectivity index is 1.84. The maximum Gasteiger partial charge on any atom is 0.327 e. The Bertz CT molecular complexity index is 581. The smallest absolute Gasteiger partial charge is 0.327 e. The molecule has 0 spiro atoms. The van der Waals surface area contributed by atoms with Gasteiger partial charge in [0.25, 0.3) is 5.91 Å². The van der Waals surface area contributed by atoms with Crippen LogP contribution >= 0.6 is 0 Å². The first-order valence-electron chi connectivity index (χ1n) is 6.77. The lowest BCUT2D eigenvalue weighted by Gasteiger charge is -2.16. The Morgan fingerprint density at radius 3 is 2.71 bits per heavy atom.